The standard InChI is InChI=1S/C21H25NO3/c1-14(2)20(11-12-23)22-21(24)25-13-19-17-9-5-3-7-15(17)16-8-4-6-10-18(16)19/h3-10,14,19-20,23H,11-13H2,1-2H3,(H,22,24)/t20-/m1/s1. The molecular weight excluding hydrogens is 314 g/mol. The van der Waals surface area contributed by atoms with E-state index in [1.165, 1.54) is 22.3 Å². The summed E-state index contributed by atoms with van der Waals surface area (Å²) in [5, 5.41) is 12.0. The summed E-state index contributed by atoms with van der Waals surface area (Å²) in [7, 11) is 0. The van der Waals surface area contributed by atoms with Gasteiger partial charge < -0.3 is 15.2 Å². The van der Waals surface area contributed by atoms with E-state index in [2.05, 4.69) is 29.6 Å². The van der Waals surface area contributed by atoms with Gasteiger partial charge in [-0.2, -0.15) is 0 Å². The van der Waals surface area contributed by atoms with Crippen LogP contribution in [0.2, 0.25) is 0 Å². The minimum absolute atomic E-state index is 0.0481. The van der Waals surface area contributed by atoms with Crippen LogP contribution in [0, 0.1) is 5.92 Å². The van der Waals surface area contributed by atoms with Crippen molar-refractivity contribution < 1.29 is 14.6 Å². The number of carbonyl (C=O) groups excluding carboxylic acids is 1. The first-order valence-corrected chi connectivity index (χ1v) is 8.84. The van der Waals surface area contributed by atoms with E-state index in [9.17, 15) is 4.79 Å². The number of ether oxygens (including phenoxy) is 1. The minimum Gasteiger partial charge on any atom is -0.449 e. The summed E-state index contributed by atoms with van der Waals surface area (Å²) < 4.78 is 5.53. The smallest absolute Gasteiger partial charge is 0.407 e. The van der Waals surface area contributed by atoms with E-state index >= 15 is 0 Å². The van der Waals surface area contributed by atoms with Crippen molar-refractivity contribution in [2.24, 2.45) is 5.92 Å². The van der Waals surface area contributed by atoms with E-state index in [0.717, 1.165) is 0 Å². The summed E-state index contributed by atoms with van der Waals surface area (Å²) in [6.45, 7) is 4.39. The van der Waals surface area contributed by atoms with Gasteiger partial charge in [0.1, 0.15) is 6.61 Å². The van der Waals surface area contributed by atoms with Crippen molar-refractivity contribution >= 4 is 6.09 Å². The number of nitrogens with one attached hydrogen (secondary N) is 1. The molecule has 0 aliphatic heterocycles. The number of amides is 1. The Morgan fingerprint density at radius 3 is 2.16 bits per heavy atom. The van der Waals surface area contributed by atoms with Crippen molar-refractivity contribution in [2.45, 2.75) is 32.2 Å². The topological polar surface area (TPSA) is 58.6 Å². The summed E-state index contributed by atoms with van der Waals surface area (Å²) >= 11 is 0. The van der Waals surface area contributed by atoms with Crippen LogP contribution in [0.5, 0.6) is 0 Å². The Morgan fingerprint density at radius 1 is 1.08 bits per heavy atom. The van der Waals surface area contributed by atoms with Gasteiger partial charge in [-0.05, 0) is 34.6 Å². The lowest BCUT2D eigenvalue weighted by Crippen LogP contribution is -2.39. The van der Waals surface area contributed by atoms with E-state index < -0.39 is 6.09 Å². The summed E-state index contributed by atoms with van der Waals surface area (Å²) in [4.78, 5) is 12.2. The van der Waals surface area contributed by atoms with Gasteiger partial charge in [0.05, 0.1) is 0 Å². The highest BCUT2D eigenvalue weighted by molar-refractivity contribution is 5.79. The van der Waals surface area contributed by atoms with Crippen LogP contribution < -0.4 is 5.32 Å². The average Bonchev–Trinajstić information content (AvgIpc) is 2.93. The Bertz CT molecular complexity index is 696. The second kappa shape index (κ2) is 7.70. The van der Waals surface area contributed by atoms with Gasteiger partial charge in [0.25, 0.3) is 0 Å². The van der Waals surface area contributed by atoms with Gasteiger partial charge in [0, 0.05) is 18.6 Å². The van der Waals surface area contributed by atoms with Crippen LogP contribution in [0.15, 0.2) is 48.5 Å². The van der Waals surface area contributed by atoms with Gasteiger partial charge in [-0.3, -0.25) is 0 Å². The predicted molar refractivity (Wildman–Crippen MR) is 98.5 cm³/mol. The predicted octanol–water partition coefficient (Wildman–Crippen LogP) is 3.93. The molecule has 0 bridgehead atoms. The van der Waals surface area contributed by atoms with Crippen LogP contribution in [0.25, 0.3) is 11.1 Å². The molecule has 132 valence electrons. The SMILES string of the molecule is CC(C)[C@@H](CCO)NC(=O)OCC1c2ccccc2-c2ccccc21. The largest absolute Gasteiger partial charge is 0.449 e. The molecule has 0 radical (unpaired) electrons. The lowest BCUT2D eigenvalue weighted by atomic mass is 9.98. The minimum atomic E-state index is -0.422. The van der Waals surface area contributed by atoms with Crippen LogP contribution in [0.1, 0.15) is 37.3 Å². The Morgan fingerprint density at radius 2 is 1.64 bits per heavy atom. The third-order valence-electron chi connectivity index (χ3n) is 4.89. The van der Waals surface area contributed by atoms with Crippen molar-refractivity contribution in [3.63, 3.8) is 0 Å². The third kappa shape index (κ3) is 3.69. The van der Waals surface area contributed by atoms with Crippen molar-refractivity contribution in [1.29, 1.82) is 0 Å². The number of benzene rings is 2. The molecule has 0 heterocycles. The number of rotatable bonds is 6. The Kier molecular flexibility index (Phi) is 5.39. The molecule has 3 rings (SSSR count). The van der Waals surface area contributed by atoms with Gasteiger partial charge in [0.2, 0.25) is 0 Å². The molecule has 0 aromatic heterocycles. The highest BCUT2D eigenvalue weighted by Crippen LogP contribution is 2.44. The van der Waals surface area contributed by atoms with Crippen LogP contribution in [0.3, 0.4) is 0 Å². The molecule has 4 heteroatoms. The first kappa shape index (κ1) is 17.5. The second-order valence-electron chi connectivity index (χ2n) is 6.83. The van der Waals surface area contributed by atoms with E-state index in [-0.39, 0.29) is 24.5 Å². The number of fused-ring (bicyclic) bond motifs is 3. The van der Waals surface area contributed by atoms with Gasteiger partial charge in [0.15, 0.2) is 0 Å². The number of aliphatic hydroxyl groups excluding tert-OH is 1. The fourth-order valence-electron chi connectivity index (χ4n) is 3.50. The van der Waals surface area contributed by atoms with Crippen LogP contribution in [-0.4, -0.2) is 30.5 Å². The fraction of sp³-hybridized carbons (Fsp3) is 0.381. The molecule has 4 nitrogen and oxygen atoms in total. The third-order valence-corrected chi connectivity index (χ3v) is 4.89. The molecule has 1 atom stereocenters. The molecule has 1 aliphatic carbocycles. The summed E-state index contributed by atoms with van der Waals surface area (Å²) in [5.41, 5.74) is 4.83. The average molecular weight is 339 g/mol. The number of hydrogen-bond donors (Lipinski definition) is 2. The number of hydrogen-bond acceptors (Lipinski definition) is 3. The zero-order valence-corrected chi connectivity index (χ0v) is 14.7. The molecule has 1 aliphatic rings. The highest BCUT2D eigenvalue weighted by Gasteiger charge is 2.29. The van der Waals surface area contributed by atoms with Crippen LogP contribution in [-0.2, 0) is 4.74 Å². The maximum atomic E-state index is 12.2. The normalized spacial score (nSPS) is 14.1. The van der Waals surface area contributed by atoms with E-state index in [1.807, 2.05) is 38.1 Å². The van der Waals surface area contributed by atoms with Crippen molar-refractivity contribution in [2.75, 3.05) is 13.2 Å². The molecule has 2 aromatic rings. The molecular formula is C21H25NO3. The highest BCUT2D eigenvalue weighted by atomic mass is 16.5. The van der Waals surface area contributed by atoms with Crippen LogP contribution in [0.4, 0.5) is 4.79 Å². The first-order valence-electron chi connectivity index (χ1n) is 8.84. The summed E-state index contributed by atoms with van der Waals surface area (Å²) in [6.07, 6.45) is 0.107. The van der Waals surface area contributed by atoms with Gasteiger partial charge in [-0.1, -0.05) is 62.4 Å². The second-order valence-corrected chi connectivity index (χ2v) is 6.83. The molecule has 0 fully saturated rings. The van der Waals surface area contributed by atoms with Crippen LogP contribution >= 0.6 is 0 Å². The van der Waals surface area contributed by atoms with Gasteiger partial charge in [-0.15, -0.1) is 0 Å². The molecule has 0 spiro atoms. The van der Waals surface area contributed by atoms with Gasteiger partial charge >= 0.3 is 6.09 Å². The van der Waals surface area contributed by atoms with Crippen molar-refractivity contribution in [3.05, 3.63) is 59.7 Å². The first-order chi connectivity index (χ1) is 12.1. The molecule has 0 unspecified atom stereocenters. The zero-order valence-electron chi connectivity index (χ0n) is 14.7. The monoisotopic (exact) mass is 339 g/mol. The molecule has 0 saturated carbocycles. The van der Waals surface area contributed by atoms with E-state index in [0.29, 0.717) is 13.0 Å². The van der Waals surface area contributed by atoms with Crippen molar-refractivity contribution in [1.82, 2.24) is 5.32 Å². The fourth-order valence-corrected chi connectivity index (χ4v) is 3.50. The Balaban J connectivity index is 1.70. The summed E-state index contributed by atoms with van der Waals surface area (Å²) in [6, 6.07) is 16.5. The maximum absolute atomic E-state index is 12.2. The lowest BCUT2D eigenvalue weighted by molar-refractivity contribution is 0.132. The molecule has 25 heavy (non-hydrogen) atoms. The summed E-state index contributed by atoms with van der Waals surface area (Å²) in [5.74, 6) is 0.307. The number of alkyl carbamates (subject to hydrolysis) is 1. The zero-order chi connectivity index (χ0) is 17.8. The Labute approximate surface area is 148 Å². The maximum Gasteiger partial charge on any atom is 0.407 e. The quantitative estimate of drug-likeness (QED) is 0.838. The molecule has 2 aromatic carbocycles. The van der Waals surface area contributed by atoms with E-state index in [1.54, 1.807) is 0 Å². The van der Waals surface area contributed by atoms with E-state index in [4.69, 9.17) is 9.84 Å². The number of aliphatic hydroxyl groups is 1. The Hall–Kier alpha value is -2.33. The lowest BCUT2D eigenvalue weighted by Gasteiger charge is -2.22. The molecule has 2 N–H and O–H groups in total. The van der Waals surface area contributed by atoms with Crippen molar-refractivity contribution in [3.8, 4) is 11.1 Å². The molecule has 0 saturated heterocycles. The molecule has 1 amide bonds. The van der Waals surface area contributed by atoms with Gasteiger partial charge in [-0.25, -0.2) is 4.79 Å². The number of carbonyl (C=O) groups is 1.